The lowest BCUT2D eigenvalue weighted by atomic mass is 10.1. The minimum Gasteiger partial charge on any atom is -0.387 e. The first-order valence-electron chi connectivity index (χ1n) is 5.01. The molecule has 1 atom stereocenters. The molecule has 16 heavy (non-hydrogen) atoms. The molecule has 0 heterocycles. The summed E-state index contributed by atoms with van der Waals surface area (Å²) in [5.74, 6) is 0. The monoisotopic (exact) mass is 281 g/mol. The maximum atomic E-state index is 9.78. The summed E-state index contributed by atoms with van der Waals surface area (Å²) in [6.45, 7) is 3.32. The van der Waals surface area contributed by atoms with Crippen molar-refractivity contribution in [3.8, 4) is 0 Å². The SMILES string of the molecule is CCNCC(O)c1ccc(C(Cl)(Cl)Cl)cc1. The van der Waals surface area contributed by atoms with Crippen LogP contribution in [-0.2, 0) is 3.79 Å². The Labute approximate surface area is 111 Å². The summed E-state index contributed by atoms with van der Waals surface area (Å²) in [5, 5.41) is 12.8. The minimum absolute atomic E-state index is 0.517. The van der Waals surface area contributed by atoms with Gasteiger partial charge < -0.3 is 10.4 Å². The summed E-state index contributed by atoms with van der Waals surface area (Å²) >= 11 is 17.2. The standard InChI is InChI=1S/C11H14Cl3NO/c1-2-15-7-10(16)8-3-5-9(6-4-8)11(12,13)14/h3-6,10,15-16H,2,7H2,1H3. The molecule has 1 rings (SSSR count). The lowest BCUT2D eigenvalue weighted by Crippen LogP contribution is -2.20. The van der Waals surface area contributed by atoms with Crippen LogP contribution in [0.1, 0.15) is 24.2 Å². The van der Waals surface area contributed by atoms with E-state index in [0.29, 0.717) is 12.1 Å². The average molecular weight is 283 g/mol. The van der Waals surface area contributed by atoms with Gasteiger partial charge in [-0.3, -0.25) is 0 Å². The zero-order valence-corrected chi connectivity index (χ0v) is 11.1. The number of hydrogen-bond donors (Lipinski definition) is 2. The topological polar surface area (TPSA) is 32.3 Å². The van der Waals surface area contributed by atoms with Crippen molar-refractivity contribution >= 4 is 34.8 Å². The first-order chi connectivity index (χ1) is 7.45. The van der Waals surface area contributed by atoms with E-state index in [0.717, 1.165) is 12.1 Å². The maximum absolute atomic E-state index is 9.78. The average Bonchev–Trinajstić information content (AvgIpc) is 2.25. The van der Waals surface area contributed by atoms with Crippen molar-refractivity contribution in [2.24, 2.45) is 0 Å². The molecule has 0 aliphatic carbocycles. The van der Waals surface area contributed by atoms with Crippen LogP contribution in [0, 0.1) is 0 Å². The Morgan fingerprint density at radius 1 is 1.25 bits per heavy atom. The quantitative estimate of drug-likeness (QED) is 0.832. The first-order valence-corrected chi connectivity index (χ1v) is 6.14. The van der Waals surface area contributed by atoms with Gasteiger partial charge in [-0.1, -0.05) is 66.0 Å². The van der Waals surface area contributed by atoms with Gasteiger partial charge in [0.2, 0.25) is 3.79 Å². The minimum atomic E-state index is -1.41. The third kappa shape index (κ3) is 4.11. The van der Waals surface area contributed by atoms with Gasteiger partial charge in [0.15, 0.2) is 0 Å². The highest BCUT2D eigenvalue weighted by Gasteiger charge is 2.22. The van der Waals surface area contributed by atoms with Gasteiger partial charge in [0.1, 0.15) is 0 Å². The largest absolute Gasteiger partial charge is 0.387 e. The maximum Gasteiger partial charge on any atom is 0.216 e. The first kappa shape index (κ1) is 14.1. The van der Waals surface area contributed by atoms with Crippen LogP contribution in [0.3, 0.4) is 0 Å². The van der Waals surface area contributed by atoms with E-state index in [-0.39, 0.29) is 0 Å². The van der Waals surface area contributed by atoms with Crippen LogP contribution in [0.25, 0.3) is 0 Å². The van der Waals surface area contributed by atoms with Crippen molar-refractivity contribution in [1.82, 2.24) is 5.32 Å². The van der Waals surface area contributed by atoms with Gasteiger partial charge in [-0.2, -0.15) is 0 Å². The second kappa shape index (κ2) is 6.08. The lowest BCUT2D eigenvalue weighted by Gasteiger charge is -2.14. The molecule has 0 saturated heterocycles. The molecular weight excluding hydrogens is 268 g/mol. The Morgan fingerprint density at radius 3 is 2.25 bits per heavy atom. The number of halogens is 3. The molecule has 1 aromatic carbocycles. The highest BCUT2D eigenvalue weighted by atomic mass is 35.6. The summed E-state index contributed by atoms with van der Waals surface area (Å²) in [5.41, 5.74) is 1.40. The molecule has 0 bridgehead atoms. The van der Waals surface area contributed by atoms with Crippen molar-refractivity contribution in [3.63, 3.8) is 0 Å². The fraction of sp³-hybridized carbons (Fsp3) is 0.455. The summed E-state index contributed by atoms with van der Waals surface area (Å²) in [6.07, 6.45) is -0.538. The highest BCUT2D eigenvalue weighted by Crippen LogP contribution is 2.38. The van der Waals surface area contributed by atoms with Crippen molar-refractivity contribution in [2.75, 3.05) is 13.1 Å². The van der Waals surface area contributed by atoms with Gasteiger partial charge in [0.05, 0.1) is 6.10 Å². The van der Waals surface area contributed by atoms with E-state index in [1.165, 1.54) is 0 Å². The number of aliphatic hydroxyl groups is 1. The fourth-order valence-corrected chi connectivity index (χ4v) is 1.67. The summed E-state index contributed by atoms with van der Waals surface area (Å²) in [6, 6.07) is 6.94. The Hall–Kier alpha value is 0.01000. The van der Waals surface area contributed by atoms with Crippen molar-refractivity contribution in [3.05, 3.63) is 35.4 Å². The number of hydrogen-bond acceptors (Lipinski definition) is 2. The van der Waals surface area contributed by atoms with E-state index in [4.69, 9.17) is 34.8 Å². The van der Waals surface area contributed by atoms with Gasteiger partial charge in [-0.05, 0) is 12.1 Å². The van der Waals surface area contributed by atoms with Crippen LogP contribution in [0.5, 0.6) is 0 Å². The van der Waals surface area contributed by atoms with E-state index < -0.39 is 9.90 Å². The van der Waals surface area contributed by atoms with E-state index in [1.54, 1.807) is 24.3 Å². The van der Waals surface area contributed by atoms with Crippen LogP contribution < -0.4 is 5.32 Å². The number of nitrogens with one attached hydrogen (secondary N) is 1. The van der Waals surface area contributed by atoms with E-state index >= 15 is 0 Å². The smallest absolute Gasteiger partial charge is 0.216 e. The van der Waals surface area contributed by atoms with Crippen molar-refractivity contribution in [1.29, 1.82) is 0 Å². The van der Waals surface area contributed by atoms with Gasteiger partial charge in [-0.25, -0.2) is 0 Å². The zero-order valence-electron chi connectivity index (χ0n) is 8.88. The van der Waals surface area contributed by atoms with Gasteiger partial charge in [-0.15, -0.1) is 0 Å². The third-order valence-electron chi connectivity index (χ3n) is 2.21. The van der Waals surface area contributed by atoms with Crippen molar-refractivity contribution < 1.29 is 5.11 Å². The molecule has 0 aliphatic rings. The Bertz CT molecular complexity index is 321. The van der Waals surface area contributed by atoms with Crippen LogP contribution in [0.4, 0.5) is 0 Å². The highest BCUT2D eigenvalue weighted by molar-refractivity contribution is 6.66. The van der Waals surface area contributed by atoms with Gasteiger partial charge in [0.25, 0.3) is 0 Å². The molecule has 0 saturated carbocycles. The summed E-state index contributed by atoms with van der Waals surface area (Å²) in [7, 11) is 0. The molecule has 0 amide bonds. The molecule has 0 aromatic heterocycles. The van der Waals surface area contributed by atoms with Crippen molar-refractivity contribution in [2.45, 2.75) is 16.8 Å². The molecule has 2 N–H and O–H groups in total. The zero-order chi connectivity index (χ0) is 12.2. The van der Waals surface area contributed by atoms with Gasteiger partial charge in [0, 0.05) is 12.1 Å². The number of alkyl halides is 3. The second-order valence-corrected chi connectivity index (χ2v) is 5.72. The molecule has 90 valence electrons. The van der Waals surface area contributed by atoms with E-state index in [2.05, 4.69) is 5.32 Å². The van der Waals surface area contributed by atoms with E-state index in [9.17, 15) is 5.11 Å². The van der Waals surface area contributed by atoms with Crippen LogP contribution in [0.15, 0.2) is 24.3 Å². The molecule has 0 aliphatic heterocycles. The number of benzene rings is 1. The molecule has 5 heteroatoms. The number of rotatable bonds is 4. The van der Waals surface area contributed by atoms with Crippen LogP contribution in [0.2, 0.25) is 0 Å². The molecule has 2 nitrogen and oxygen atoms in total. The predicted octanol–water partition coefficient (Wildman–Crippen LogP) is 3.16. The Balaban J connectivity index is 2.71. The van der Waals surface area contributed by atoms with Gasteiger partial charge >= 0.3 is 0 Å². The predicted molar refractivity (Wildman–Crippen MR) is 69.2 cm³/mol. The molecule has 0 radical (unpaired) electrons. The van der Waals surface area contributed by atoms with Crippen LogP contribution in [-0.4, -0.2) is 18.2 Å². The molecular formula is C11H14Cl3NO. The molecule has 1 aromatic rings. The second-order valence-electron chi connectivity index (χ2n) is 3.44. The number of likely N-dealkylation sites (N-methyl/N-ethyl adjacent to an activating group) is 1. The normalized spacial score (nSPS) is 13.8. The Kier molecular flexibility index (Phi) is 5.35. The summed E-state index contributed by atoms with van der Waals surface area (Å²) in [4.78, 5) is 0. The molecule has 0 spiro atoms. The molecule has 1 unspecified atom stereocenters. The van der Waals surface area contributed by atoms with E-state index in [1.807, 2.05) is 6.92 Å². The number of aliphatic hydroxyl groups excluding tert-OH is 1. The third-order valence-corrected chi connectivity index (χ3v) is 2.87. The summed E-state index contributed by atoms with van der Waals surface area (Å²) < 4.78 is -1.41. The van der Waals surface area contributed by atoms with Crippen LogP contribution >= 0.6 is 34.8 Å². The molecule has 0 fully saturated rings. The Morgan fingerprint density at radius 2 is 1.81 bits per heavy atom. The lowest BCUT2D eigenvalue weighted by molar-refractivity contribution is 0.175. The fourth-order valence-electron chi connectivity index (χ4n) is 1.29.